The highest BCUT2D eigenvalue weighted by Crippen LogP contribution is 2.53. The molecule has 0 saturated heterocycles. The number of hydrogen-bond donors (Lipinski definition) is 6. The SMILES string of the molecule is CN(C)[C@@H]1C(=O)C(C(N)=O)=C(O)[C@@]2(O)C(=O)C3=C(O)c4c(O)ccc(-c5c(N)c(=O)c5=O)c4C[C@H]3C[C@@H]12. The molecule has 0 aromatic heterocycles. The van der Waals surface area contributed by atoms with Crippen LogP contribution < -0.4 is 22.3 Å². The number of carbonyl (C=O) groups is 3. The number of Topliss-reactive ketones (excluding diaryl/α,β-unsaturated/α-hetero) is 2. The molecule has 8 N–H and O–H groups in total. The van der Waals surface area contributed by atoms with E-state index < -0.39 is 74.7 Å². The van der Waals surface area contributed by atoms with Crippen LogP contribution >= 0.6 is 0 Å². The standard InChI is InChI=1S/C25H23N3O9/c1-28(2)17-10-6-7-5-9-8(14-16(26)21(33)20(14)32)3-4-11(29)13(9)18(30)12(7)22(34)25(10,37)23(35)15(19(17)31)24(27)36/h3-4,7,10,17,29-30,35,37H,5-6,26H2,1-2H3,(H2,27,36)/t7-,10-,17-,25-/m0/s1. The normalized spacial score (nSPS) is 27.4. The van der Waals surface area contributed by atoms with Gasteiger partial charge in [0.15, 0.2) is 11.4 Å². The molecule has 0 spiro atoms. The lowest BCUT2D eigenvalue weighted by molar-refractivity contribution is -0.153. The zero-order valence-electron chi connectivity index (χ0n) is 19.7. The van der Waals surface area contributed by atoms with Crippen molar-refractivity contribution in [2.45, 2.75) is 24.5 Å². The van der Waals surface area contributed by atoms with E-state index in [0.29, 0.717) is 0 Å². The summed E-state index contributed by atoms with van der Waals surface area (Å²) in [5.41, 5.74) is 5.32. The molecular formula is C25H23N3O9. The monoisotopic (exact) mass is 509 g/mol. The summed E-state index contributed by atoms with van der Waals surface area (Å²) in [6, 6.07) is 1.32. The number of amides is 1. The topological polar surface area (TPSA) is 222 Å². The number of likely N-dealkylation sites (N-methyl/N-ethyl adjacent to an activating group) is 1. The van der Waals surface area contributed by atoms with Gasteiger partial charge in [0.25, 0.3) is 5.91 Å². The molecule has 12 heteroatoms. The minimum atomic E-state index is -2.75. The number of nitrogen functional groups attached to an aromatic ring is 1. The molecule has 0 aliphatic heterocycles. The van der Waals surface area contributed by atoms with Crippen molar-refractivity contribution >= 4 is 28.9 Å². The van der Waals surface area contributed by atoms with Gasteiger partial charge in [0.05, 0.1) is 22.9 Å². The zero-order valence-corrected chi connectivity index (χ0v) is 19.7. The van der Waals surface area contributed by atoms with Crippen molar-refractivity contribution in [2.75, 3.05) is 19.8 Å². The highest BCUT2D eigenvalue weighted by molar-refractivity contribution is 6.24. The second kappa shape index (κ2) is 7.60. The van der Waals surface area contributed by atoms with Gasteiger partial charge in [0.2, 0.25) is 16.6 Å². The summed E-state index contributed by atoms with van der Waals surface area (Å²) in [4.78, 5) is 64.3. The van der Waals surface area contributed by atoms with Gasteiger partial charge in [0, 0.05) is 11.5 Å². The Hall–Kier alpha value is -4.29. The number of nitrogens with zero attached hydrogens (tertiary/aromatic N) is 1. The fraction of sp³-hybridized carbons (Fsp3) is 0.320. The Labute approximate surface area is 208 Å². The molecule has 2 aromatic rings. The second-order valence-corrected chi connectivity index (χ2v) is 9.89. The van der Waals surface area contributed by atoms with E-state index in [1.807, 2.05) is 0 Å². The Morgan fingerprint density at radius 1 is 1.05 bits per heavy atom. The average Bonchev–Trinajstić information content (AvgIpc) is 2.82. The lowest BCUT2D eigenvalue weighted by Crippen LogP contribution is -2.65. The third kappa shape index (κ3) is 2.87. The highest BCUT2D eigenvalue weighted by atomic mass is 16.3. The molecule has 0 bridgehead atoms. The van der Waals surface area contributed by atoms with Crippen molar-refractivity contribution in [2.24, 2.45) is 17.6 Å². The number of anilines is 1. The number of primary amides is 1. The third-order valence-electron chi connectivity index (χ3n) is 7.82. The highest BCUT2D eigenvalue weighted by Gasteiger charge is 2.64. The van der Waals surface area contributed by atoms with E-state index in [1.54, 1.807) is 0 Å². The second-order valence-electron chi connectivity index (χ2n) is 9.89. The van der Waals surface area contributed by atoms with Crippen LogP contribution in [0.15, 0.2) is 38.6 Å². The number of hydrogen-bond acceptors (Lipinski definition) is 11. The van der Waals surface area contributed by atoms with Crippen molar-refractivity contribution in [3.8, 4) is 16.9 Å². The maximum Gasteiger partial charge on any atom is 0.255 e. The minimum absolute atomic E-state index is 0.0312. The number of ketones is 2. The number of fused-ring (bicyclic) bond motifs is 3. The van der Waals surface area contributed by atoms with E-state index >= 15 is 0 Å². The fourth-order valence-electron chi connectivity index (χ4n) is 6.15. The van der Waals surface area contributed by atoms with Crippen molar-refractivity contribution in [3.05, 3.63) is 60.6 Å². The number of benzene rings is 1. The number of aliphatic hydroxyl groups excluding tert-OH is 2. The molecule has 3 aliphatic carbocycles. The number of phenols is 1. The lowest BCUT2D eigenvalue weighted by Gasteiger charge is -2.50. The molecular weight excluding hydrogens is 486 g/mol. The van der Waals surface area contributed by atoms with Crippen LogP contribution in [0, 0.1) is 11.8 Å². The Morgan fingerprint density at radius 2 is 1.70 bits per heavy atom. The Balaban J connectivity index is 1.76. The predicted octanol–water partition coefficient (Wildman–Crippen LogP) is -1.19. The van der Waals surface area contributed by atoms with Crippen LogP contribution in [0.2, 0.25) is 0 Å². The summed E-state index contributed by atoms with van der Waals surface area (Å²) in [6.07, 6.45) is -0.140. The van der Waals surface area contributed by atoms with Crippen LogP contribution in [0.3, 0.4) is 0 Å². The molecule has 192 valence electrons. The Kier molecular flexibility index (Phi) is 5.02. The summed E-state index contributed by atoms with van der Waals surface area (Å²) in [7, 11) is 3.00. The van der Waals surface area contributed by atoms with E-state index in [4.69, 9.17) is 11.5 Å². The molecule has 3 aliphatic rings. The van der Waals surface area contributed by atoms with Gasteiger partial charge >= 0.3 is 0 Å². The Bertz CT molecular complexity index is 1590. The summed E-state index contributed by atoms with van der Waals surface area (Å²) in [5.74, 6) is -7.71. The summed E-state index contributed by atoms with van der Waals surface area (Å²) in [5, 5.41) is 44.2. The number of phenolic OH excluding ortho intramolecular Hbond substituents is 1. The molecule has 12 nitrogen and oxygen atoms in total. The van der Waals surface area contributed by atoms with Crippen LogP contribution in [0.5, 0.6) is 5.75 Å². The maximum atomic E-state index is 13.8. The summed E-state index contributed by atoms with van der Waals surface area (Å²) < 4.78 is 0. The van der Waals surface area contributed by atoms with Crippen LogP contribution in [-0.2, 0) is 20.8 Å². The van der Waals surface area contributed by atoms with E-state index in [-0.39, 0.29) is 46.4 Å². The molecule has 4 atom stereocenters. The number of nitrogens with two attached hydrogens (primary N) is 2. The van der Waals surface area contributed by atoms with Crippen molar-refractivity contribution < 1.29 is 34.8 Å². The van der Waals surface area contributed by atoms with Gasteiger partial charge in [-0.15, -0.1) is 0 Å². The van der Waals surface area contributed by atoms with Gasteiger partial charge in [-0.2, -0.15) is 0 Å². The van der Waals surface area contributed by atoms with E-state index in [0.717, 1.165) is 6.07 Å². The summed E-state index contributed by atoms with van der Waals surface area (Å²) >= 11 is 0. The number of carbonyl (C=O) groups excluding carboxylic acids is 3. The van der Waals surface area contributed by atoms with Crippen LogP contribution in [0.25, 0.3) is 16.9 Å². The van der Waals surface area contributed by atoms with Crippen LogP contribution in [0.4, 0.5) is 5.69 Å². The van der Waals surface area contributed by atoms with Gasteiger partial charge in [-0.05, 0) is 50.0 Å². The molecule has 0 heterocycles. The molecule has 1 saturated carbocycles. The zero-order chi connectivity index (χ0) is 27.3. The lowest BCUT2D eigenvalue weighted by atomic mass is 9.57. The molecule has 1 amide bonds. The van der Waals surface area contributed by atoms with E-state index in [9.17, 15) is 44.4 Å². The minimum Gasteiger partial charge on any atom is -0.508 e. The predicted molar refractivity (Wildman–Crippen MR) is 129 cm³/mol. The van der Waals surface area contributed by atoms with Crippen molar-refractivity contribution in [3.63, 3.8) is 0 Å². The van der Waals surface area contributed by atoms with Crippen molar-refractivity contribution in [1.82, 2.24) is 4.90 Å². The van der Waals surface area contributed by atoms with Gasteiger partial charge in [-0.25, -0.2) is 0 Å². The van der Waals surface area contributed by atoms with E-state index in [2.05, 4.69) is 0 Å². The quantitative estimate of drug-likeness (QED) is 0.213. The van der Waals surface area contributed by atoms with Gasteiger partial charge in [0.1, 0.15) is 22.8 Å². The number of rotatable bonds is 3. The van der Waals surface area contributed by atoms with E-state index in [1.165, 1.54) is 25.1 Å². The Morgan fingerprint density at radius 3 is 2.27 bits per heavy atom. The van der Waals surface area contributed by atoms with Crippen LogP contribution in [0.1, 0.15) is 17.5 Å². The number of aliphatic hydroxyl groups is 3. The molecule has 2 aromatic carbocycles. The first-order valence-electron chi connectivity index (χ1n) is 11.3. The third-order valence-corrected chi connectivity index (χ3v) is 7.82. The average molecular weight is 509 g/mol. The van der Waals surface area contributed by atoms with Gasteiger partial charge in [-0.1, -0.05) is 6.07 Å². The molecule has 0 unspecified atom stereocenters. The first-order valence-corrected chi connectivity index (χ1v) is 11.3. The van der Waals surface area contributed by atoms with Gasteiger partial charge in [-0.3, -0.25) is 28.9 Å². The first kappa shape index (κ1) is 24.4. The first-order chi connectivity index (χ1) is 17.2. The van der Waals surface area contributed by atoms with Gasteiger partial charge < -0.3 is 31.9 Å². The summed E-state index contributed by atoms with van der Waals surface area (Å²) in [6.45, 7) is 0. The fourth-order valence-corrected chi connectivity index (χ4v) is 6.15. The molecule has 0 radical (unpaired) electrons. The molecule has 1 fully saturated rings. The van der Waals surface area contributed by atoms with Crippen LogP contribution in [-0.4, -0.2) is 68.5 Å². The largest absolute Gasteiger partial charge is 0.508 e. The molecule has 37 heavy (non-hydrogen) atoms. The maximum absolute atomic E-state index is 13.8. The molecule has 5 rings (SSSR count). The smallest absolute Gasteiger partial charge is 0.255 e. The number of aromatic hydroxyl groups is 1. The van der Waals surface area contributed by atoms with Crippen molar-refractivity contribution in [1.29, 1.82) is 0 Å².